The highest BCUT2D eigenvalue weighted by Gasteiger charge is 2.25. The number of allylic oxidation sites excluding steroid dienone is 2. The molecule has 0 unspecified atom stereocenters. The summed E-state index contributed by atoms with van der Waals surface area (Å²) < 4.78 is 34.3. The van der Waals surface area contributed by atoms with Crippen molar-refractivity contribution < 1.29 is 17.9 Å². The zero-order valence-corrected chi connectivity index (χ0v) is 17.4. The van der Waals surface area contributed by atoms with Crippen LogP contribution in [-0.2, 0) is 21.2 Å². The molecule has 0 aromatic heterocycles. The number of benzene rings is 2. The minimum atomic E-state index is -3.84. The first-order valence-electron chi connectivity index (χ1n) is 9.70. The number of fused-ring (bicyclic) bond motifs is 1. The van der Waals surface area contributed by atoms with Crippen LogP contribution in [0.4, 0.5) is 11.4 Å². The number of hydrogen-bond acceptors (Lipinski definition) is 4. The van der Waals surface area contributed by atoms with Gasteiger partial charge < -0.3 is 9.64 Å². The van der Waals surface area contributed by atoms with Gasteiger partial charge in [0.05, 0.1) is 7.11 Å². The zero-order valence-electron chi connectivity index (χ0n) is 16.6. The summed E-state index contributed by atoms with van der Waals surface area (Å²) >= 11 is 0. The highest BCUT2D eigenvalue weighted by atomic mass is 32.2. The molecule has 0 radical (unpaired) electrons. The van der Waals surface area contributed by atoms with Gasteiger partial charge in [0.2, 0.25) is 5.91 Å². The number of anilines is 2. The lowest BCUT2D eigenvalue weighted by molar-refractivity contribution is -0.116. The van der Waals surface area contributed by atoms with Crippen LogP contribution in [0.2, 0.25) is 0 Å². The van der Waals surface area contributed by atoms with Crippen LogP contribution in [0.1, 0.15) is 37.3 Å². The third-order valence-electron chi connectivity index (χ3n) is 5.47. The Balaban J connectivity index is 1.66. The van der Waals surface area contributed by atoms with Crippen LogP contribution in [0.3, 0.4) is 0 Å². The molecule has 2 aromatic carbocycles. The number of nitrogens with one attached hydrogen (secondary N) is 1. The van der Waals surface area contributed by atoms with E-state index in [0.29, 0.717) is 24.4 Å². The second-order valence-corrected chi connectivity index (χ2v) is 9.01. The number of sulfonamides is 1. The molecule has 0 atom stereocenters. The molecule has 0 saturated heterocycles. The molecule has 1 aliphatic heterocycles. The van der Waals surface area contributed by atoms with Crippen molar-refractivity contribution in [3.63, 3.8) is 0 Å². The summed E-state index contributed by atoms with van der Waals surface area (Å²) in [6.07, 6.45) is 5.93. The van der Waals surface area contributed by atoms with E-state index in [0.717, 1.165) is 36.1 Å². The topological polar surface area (TPSA) is 75.7 Å². The Morgan fingerprint density at radius 1 is 1.14 bits per heavy atom. The van der Waals surface area contributed by atoms with Crippen molar-refractivity contribution in [2.75, 3.05) is 23.3 Å². The van der Waals surface area contributed by atoms with E-state index in [4.69, 9.17) is 4.74 Å². The van der Waals surface area contributed by atoms with E-state index in [1.165, 1.54) is 19.6 Å². The smallest absolute Gasteiger partial charge is 0.265 e. The molecule has 0 bridgehead atoms. The van der Waals surface area contributed by atoms with E-state index < -0.39 is 10.0 Å². The second-order valence-electron chi connectivity index (χ2n) is 7.36. The fourth-order valence-electron chi connectivity index (χ4n) is 4.02. The van der Waals surface area contributed by atoms with Gasteiger partial charge in [0.15, 0.2) is 0 Å². The van der Waals surface area contributed by atoms with Gasteiger partial charge in [-0.05, 0) is 72.7 Å². The minimum Gasteiger partial charge on any atom is -0.495 e. The highest BCUT2D eigenvalue weighted by molar-refractivity contribution is 7.92. The maximum absolute atomic E-state index is 13.1. The van der Waals surface area contributed by atoms with Crippen LogP contribution in [-0.4, -0.2) is 28.0 Å². The SMILES string of the molecule is COc1ccc(C2=CCCC2)cc1S(=O)(=O)Nc1ccc2c(c1)CCN2C(C)=O. The van der Waals surface area contributed by atoms with Crippen molar-refractivity contribution in [3.8, 4) is 5.75 Å². The van der Waals surface area contributed by atoms with Crippen LogP contribution >= 0.6 is 0 Å². The third-order valence-corrected chi connectivity index (χ3v) is 6.87. The van der Waals surface area contributed by atoms with E-state index >= 15 is 0 Å². The summed E-state index contributed by atoms with van der Waals surface area (Å²) in [5, 5.41) is 0. The van der Waals surface area contributed by atoms with Crippen LogP contribution in [0.15, 0.2) is 47.4 Å². The average Bonchev–Trinajstić information content (AvgIpc) is 3.37. The summed E-state index contributed by atoms with van der Waals surface area (Å²) in [6, 6.07) is 10.6. The van der Waals surface area contributed by atoms with Crippen LogP contribution in [0, 0.1) is 0 Å². The maximum Gasteiger partial charge on any atom is 0.265 e. The first-order chi connectivity index (χ1) is 13.9. The first kappa shape index (κ1) is 19.5. The predicted molar refractivity (Wildman–Crippen MR) is 114 cm³/mol. The van der Waals surface area contributed by atoms with Gasteiger partial charge in [0, 0.05) is 24.8 Å². The summed E-state index contributed by atoms with van der Waals surface area (Å²) in [7, 11) is -2.37. The molecule has 1 N–H and O–H groups in total. The minimum absolute atomic E-state index is 0.0140. The summed E-state index contributed by atoms with van der Waals surface area (Å²) in [5.41, 5.74) is 4.35. The van der Waals surface area contributed by atoms with E-state index in [-0.39, 0.29) is 10.8 Å². The third kappa shape index (κ3) is 3.74. The van der Waals surface area contributed by atoms with Gasteiger partial charge in [0.25, 0.3) is 10.0 Å². The Morgan fingerprint density at radius 3 is 2.66 bits per heavy atom. The molecule has 1 heterocycles. The zero-order chi connectivity index (χ0) is 20.6. The number of hydrogen-bond donors (Lipinski definition) is 1. The van der Waals surface area contributed by atoms with E-state index in [9.17, 15) is 13.2 Å². The quantitative estimate of drug-likeness (QED) is 0.806. The lowest BCUT2D eigenvalue weighted by Gasteiger charge is -2.16. The summed E-state index contributed by atoms with van der Waals surface area (Å²) in [5.74, 6) is 0.295. The Bertz CT molecular complexity index is 1110. The monoisotopic (exact) mass is 412 g/mol. The van der Waals surface area contributed by atoms with Crippen molar-refractivity contribution in [2.45, 2.75) is 37.5 Å². The van der Waals surface area contributed by atoms with Crippen molar-refractivity contribution in [1.29, 1.82) is 0 Å². The molecule has 2 aliphatic rings. The fourth-order valence-corrected chi connectivity index (χ4v) is 5.27. The number of methoxy groups -OCH3 is 1. The number of rotatable bonds is 5. The number of carbonyl (C=O) groups is 1. The van der Waals surface area contributed by atoms with Gasteiger partial charge in [-0.2, -0.15) is 0 Å². The van der Waals surface area contributed by atoms with Crippen LogP contribution in [0.5, 0.6) is 5.75 Å². The molecule has 2 aromatic rings. The lowest BCUT2D eigenvalue weighted by atomic mass is 10.1. The summed E-state index contributed by atoms with van der Waals surface area (Å²) in [6.45, 7) is 2.15. The number of amides is 1. The molecule has 6 nitrogen and oxygen atoms in total. The Kier molecular flexibility index (Phi) is 5.08. The largest absolute Gasteiger partial charge is 0.495 e. The van der Waals surface area contributed by atoms with E-state index in [1.54, 1.807) is 35.2 Å². The summed E-state index contributed by atoms with van der Waals surface area (Å²) in [4.78, 5) is 13.5. The van der Waals surface area contributed by atoms with Gasteiger partial charge in [0.1, 0.15) is 10.6 Å². The molecule has 0 fully saturated rings. The predicted octanol–water partition coefficient (Wildman–Crippen LogP) is 3.97. The van der Waals surface area contributed by atoms with Gasteiger partial charge >= 0.3 is 0 Å². The molecule has 29 heavy (non-hydrogen) atoms. The van der Waals surface area contributed by atoms with Crippen LogP contribution in [0.25, 0.3) is 5.57 Å². The Labute approximate surface area is 171 Å². The number of nitrogens with zero attached hydrogens (tertiary/aromatic N) is 1. The first-order valence-corrected chi connectivity index (χ1v) is 11.2. The fraction of sp³-hybridized carbons (Fsp3) is 0.318. The van der Waals surface area contributed by atoms with Gasteiger partial charge in [-0.25, -0.2) is 8.42 Å². The highest BCUT2D eigenvalue weighted by Crippen LogP contribution is 2.35. The second kappa shape index (κ2) is 7.55. The molecular formula is C22H24N2O4S. The van der Waals surface area contributed by atoms with E-state index in [1.807, 2.05) is 6.07 Å². The molecule has 0 spiro atoms. The number of carbonyl (C=O) groups excluding carboxylic acids is 1. The van der Waals surface area contributed by atoms with Gasteiger partial charge in [-0.1, -0.05) is 12.1 Å². The molecule has 7 heteroatoms. The Hall–Kier alpha value is -2.80. The van der Waals surface area contributed by atoms with Crippen molar-refractivity contribution in [1.82, 2.24) is 0 Å². The molecule has 152 valence electrons. The van der Waals surface area contributed by atoms with Gasteiger partial charge in [-0.3, -0.25) is 9.52 Å². The van der Waals surface area contributed by atoms with E-state index in [2.05, 4.69) is 10.8 Å². The van der Waals surface area contributed by atoms with Crippen molar-refractivity contribution >= 4 is 32.9 Å². The van der Waals surface area contributed by atoms with Crippen molar-refractivity contribution in [3.05, 3.63) is 53.6 Å². The Morgan fingerprint density at radius 2 is 1.97 bits per heavy atom. The number of ether oxygens (including phenoxy) is 1. The van der Waals surface area contributed by atoms with Crippen molar-refractivity contribution in [2.24, 2.45) is 0 Å². The standard InChI is InChI=1S/C22H24N2O4S/c1-15(25)24-12-11-18-13-19(8-9-20(18)24)23-29(26,27)22-14-17(7-10-21(22)28-2)16-5-3-4-6-16/h5,7-10,13-14,23H,3-4,6,11-12H2,1-2H3. The molecule has 1 amide bonds. The lowest BCUT2D eigenvalue weighted by Crippen LogP contribution is -2.25. The molecular weight excluding hydrogens is 388 g/mol. The van der Waals surface area contributed by atoms with Crippen LogP contribution < -0.4 is 14.4 Å². The normalized spacial score (nSPS) is 15.8. The maximum atomic E-state index is 13.1. The molecule has 4 rings (SSSR count). The molecule has 0 saturated carbocycles. The van der Waals surface area contributed by atoms with Gasteiger partial charge in [-0.15, -0.1) is 0 Å². The average molecular weight is 413 g/mol. The molecule has 1 aliphatic carbocycles.